The summed E-state index contributed by atoms with van der Waals surface area (Å²) in [7, 11) is 0. The molecule has 0 bridgehead atoms. The third kappa shape index (κ3) is 2.90. The number of hydrogen-bond acceptors (Lipinski definition) is 6. The molecule has 31 heavy (non-hydrogen) atoms. The molecule has 4 heterocycles. The van der Waals surface area contributed by atoms with Crippen molar-refractivity contribution < 1.29 is 9.84 Å². The molecule has 6 rings (SSSR count). The molecule has 150 valence electrons. The fourth-order valence-corrected chi connectivity index (χ4v) is 4.04. The Morgan fingerprint density at radius 3 is 2.74 bits per heavy atom. The largest absolute Gasteiger partial charge is 0.508 e. The fraction of sp³-hybridized carbons (Fsp3) is 0.0435. The van der Waals surface area contributed by atoms with Crippen LogP contribution in [0.15, 0.2) is 73.3 Å². The number of phenolic OH excluding ortho intramolecular Hbond substituents is 1. The van der Waals surface area contributed by atoms with Gasteiger partial charge in [0.25, 0.3) is 0 Å². The topological polar surface area (TPSA) is 85.4 Å². The highest BCUT2D eigenvalue weighted by Crippen LogP contribution is 2.48. The Kier molecular flexibility index (Phi) is 3.91. The molecule has 0 spiro atoms. The van der Waals surface area contributed by atoms with Gasteiger partial charge < -0.3 is 9.84 Å². The fourth-order valence-electron chi connectivity index (χ4n) is 3.92. The Morgan fingerprint density at radius 2 is 1.94 bits per heavy atom. The molecule has 0 unspecified atom stereocenters. The van der Waals surface area contributed by atoms with E-state index in [1.807, 2.05) is 36.5 Å². The Bertz CT molecular complexity index is 1430. The highest BCUT2D eigenvalue weighted by molar-refractivity contribution is 6.30. The van der Waals surface area contributed by atoms with Gasteiger partial charge in [0.05, 0.1) is 5.56 Å². The van der Waals surface area contributed by atoms with E-state index >= 15 is 0 Å². The number of aromatic hydroxyl groups is 1. The minimum atomic E-state index is -0.230. The second-order valence-corrected chi connectivity index (χ2v) is 7.65. The molecule has 1 N–H and O–H groups in total. The first kappa shape index (κ1) is 17.9. The lowest BCUT2D eigenvalue weighted by atomic mass is 9.84. The lowest BCUT2D eigenvalue weighted by Crippen LogP contribution is -2.15. The number of nitrogens with zero attached hydrogens (tertiary/aromatic N) is 5. The number of halogens is 1. The van der Waals surface area contributed by atoms with Crippen LogP contribution in [-0.4, -0.2) is 29.7 Å². The van der Waals surface area contributed by atoms with Crippen LogP contribution in [0.1, 0.15) is 22.6 Å². The molecule has 3 aromatic heterocycles. The second kappa shape index (κ2) is 6.78. The van der Waals surface area contributed by atoms with Crippen molar-refractivity contribution in [2.45, 2.75) is 5.92 Å². The number of rotatable bonds is 2. The standard InChI is InChI=1S/C23H14ClN5O2/c24-15-5-3-13(4-6-15)21-27-22-20-19(14-2-1-9-25-11-14)17-8-7-16(30)10-18(17)31-23(20)26-12-29(22)28-21/h1-12,19,30H/t19-/m1/s1. The van der Waals surface area contributed by atoms with E-state index in [2.05, 4.69) is 15.1 Å². The van der Waals surface area contributed by atoms with Crippen LogP contribution in [0, 0.1) is 0 Å². The summed E-state index contributed by atoms with van der Waals surface area (Å²) in [6.07, 6.45) is 5.13. The van der Waals surface area contributed by atoms with Crippen LogP contribution < -0.4 is 4.74 Å². The third-order valence-electron chi connectivity index (χ3n) is 5.31. The molecule has 0 saturated carbocycles. The van der Waals surface area contributed by atoms with Crippen LogP contribution in [-0.2, 0) is 0 Å². The normalized spacial score (nSPS) is 14.7. The zero-order chi connectivity index (χ0) is 20.9. The van der Waals surface area contributed by atoms with Crippen LogP contribution in [0.2, 0.25) is 5.02 Å². The number of pyridine rings is 1. The van der Waals surface area contributed by atoms with Crippen molar-refractivity contribution in [2.75, 3.05) is 0 Å². The molecule has 1 aliphatic heterocycles. The average molecular weight is 428 g/mol. The van der Waals surface area contributed by atoms with Gasteiger partial charge in [-0.15, -0.1) is 5.10 Å². The number of ether oxygens (including phenoxy) is 1. The van der Waals surface area contributed by atoms with Gasteiger partial charge >= 0.3 is 0 Å². The number of hydrogen-bond donors (Lipinski definition) is 1. The second-order valence-electron chi connectivity index (χ2n) is 7.22. The van der Waals surface area contributed by atoms with Crippen LogP contribution in [0.3, 0.4) is 0 Å². The van der Waals surface area contributed by atoms with Gasteiger partial charge in [-0.2, -0.15) is 0 Å². The molecule has 0 radical (unpaired) electrons. The summed E-state index contributed by atoms with van der Waals surface area (Å²) in [6, 6.07) is 16.4. The maximum atomic E-state index is 9.97. The number of fused-ring (bicyclic) bond motifs is 4. The zero-order valence-corrected chi connectivity index (χ0v) is 16.7. The molecule has 5 aromatic rings. The lowest BCUT2D eigenvalue weighted by Gasteiger charge is -2.27. The predicted molar refractivity (Wildman–Crippen MR) is 115 cm³/mol. The van der Waals surface area contributed by atoms with E-state index in [9.17, 15) is 5.11 Å². The Balaban J connectivity index is 1.61. The monoisotopic (exact) mass is 427 g/mol. The maximum Gasteiger partial charge on any atom is 0.228 e. The van der Waals surface area contributed by atoms with Crippen molar-refractivity contribution in [3.63, 3.8) is 0 Å². The van der Waals surface area contributed by atoms with E-state index in [0.717, 1.165) is 22.3 Å². The molecule has 2 aromatic carbocycles. The predicted octanol–water partition coefficient (Wildman–Crippen LogP) is 4.83. The minimum absolute atomic E-state index is 0.126. The van der Waals surface area contributed by atoms with Gasteiger partial charge in [-0.3, -0.25) is 4.98 Å². The molecular weight excluding hydrogens is 414 g/mol. The molecular formula is C23H14ClN5O2. The molecule has 0 fully saturated rings. The van der Waals surface area contributed by atoms with E-state index in [-0.39, 0.29) is 11.7 Å². The molecule has 8 heteroatoms. The van der Waals surface area contributed by atoms with Gasteiger partial charge in [0.2, 0.25) is 5.88 Å². The van der Waals surface area contributed by atoms with E-state index in [0.29, 0.717) is 28.1 Å². The molecule has 0 aliphatic carbocycles. The van der Waals surface area contributed by atoms with Crippen LogP contribution in [0.4, 0.5) is 0 Å². The summed E-state index contributed by atoms with van der Waals surface area (Å²) in [6.45, 7) is 0. The third-order valence-corrected chi connectivity index (χ3v) is 5.56. The first-order valence-corrected chi connectivity index (χ1v) is 9.97. The first-order chi connectivity index (χ1) is 15.2. The number of phenols is 1. The molecule has 0 amide bonds. The summed E-state index contributed by atoms with van der Waals surface area (Å²) < 4.78 is 7.71. The number of benzene rings is 2. The summed E-state index contributed by atoms with van der Waals surface area (Å²) in [5.74, 6) is 1.44. The highest BCUT2D eigenvalue weighted by atomic mass is 35.5. The van der Waals surface area contributed by atoms with E-state index in [4.69, 9.17) is 21.3 Å². The summed E-state index contributed by atoms with van der Waals surface area (Å²) >= 11 is 6.02. The first-order valence-electron chi connectivity index (χ1n) is 9.59. The van der Waals surface area contributed by atoms with Gasteiger partial charge in [-0.05, 0) is 42.0 Å². The zero-order valence-electron chi connectivity index (χ0n) is 16.0. The SMILES string of the molecule is Oc1ccc2c(c1)Oc1ncn3nc(-c4ccc(Cl)cc4)nc3c1[C@@H]2c1cccnc1. The highest BCUT2D eigenvalue weighted by Gasteiger charge is 2.33. The summed E-state index contributed by atoms with van der Waals surface area (Å²) in [5, 5.41) is 15.2. The molecule has 0 saturated heterocycles. The van der Waals surface area contributed by atoms with E-state index < -0.39 is 0 Å². The van der Waals surface area contributed by atoms with E-state index in [1.54, 1.807) is 41.3 Å². The molecule has 7 nitrogen and oxygen atoms in total. The Labute approximate surface area is 181 Å². The van der Waals surface area contributed by atoms with Crippen LogP contribution >= 0.6 is 11.6 Å². The quantitative estimate of drug-likeness (QED) is 0.426. The van der Waals surface area contributed by atoms with Gasteiger partial charge in [-0.25, -0.2) is 14.5 Å². The van der Waals surface area contributed by atoms with E-state index in [1.165, 1.54) is 0 Å². The Morgan fingerprint density at radius 1 is 1.06 bits per heavy atom. The van der Waals surface area contributed by atoms with Gasteiger partial charge in [0, 0.05) is 40.5 Å². The number of aromatic nitrogens is 5. The molecule has 1 atom stereocenters. The van der Waals surface area contributed by atoms with Crippen molar-refractivity contribution >= 4 is 17.2 Å². The van der Waals surface area contributed by atoms with Gasteiger partial charge in [0.1, 0.15) is 17.8 Å². The van der Waals surface area contributed by atoms with Crippen LogP contribution in [0.5, 0.6) is 17.4 Å². The van der Waals surface area contributed by atoms with Crippen molar-refractivity contribution in [1.29, 1.82) is 0 Å². The average Bonchev–Trinajstić information content (AvgIpc) is 3.23. The smallest absolute Gasteiger partial charge is 0.228 e. The van der Waals surface area contributed by atoms with Crippen LogP contribution in [0.25, 0.3) is 17.0 Å². The van der Waals surface area contributed by atoms with Crippen molar-refractivity contribution in [3.8, 4) is 28.8 Å². The Hall–Kier alpha value is -3.97. The van der Waals surface area contributed by atoms with Gasteiger partial charge in [-0.1, -0.05) is 23.7 Å². The van der Waals surface area contributed by atoms with Crippen molar-refractivity contribution in [2.24, 2.45) is 0 Å². The van der Waals surface area contributed by atoms with Crippen molar-refractivity contribution in [1.82, 2.24) is 24.6 Å². The summed E-state index contributed by atoms with van der Waals surface area (Å²) in [5.41, 5.74) is 4.14. The van der Waals surface area contributed by atoms with Crippen molar-refractivity contribution in [3.05, 3.63) is 95.0 Å². The van der Waals surface area contributed by atoms with Gasteiger partial charge in [0.15, 0.2) is 11.5 Å². The summed E-state index contributed by atoms with van der Waals surface area (Å²) in [4.78, 5) is 13.6. The molecule has 1 aliphatic rings. The maximum absolute atomic E-state index is 9.97. The lowest BCUT2D eigenvalue weighted by molar-refractivity contribution is 0.422. The minimum Gasteiger partial charge on any atom is -0.508 e.